The normalized spacial score (nSPS) is 10.2. The molecule has 1 aromatic carbocycles. The van der Waals surface area contributed by atoms with Gasteiger partial charge >= 0.3 is 0 Å². The Morgan fingerprint density at radius 3 is 2.83 bits per heavy atom. The van der Waals surface area contributed by atoms with Crippen LogP contribution in [0.1, 0.15) is 6.92 Å². The number of nitrogen functional groups attached to an aromatic ring is 1. The molecule has 0 aromatic heterocycles. The highest BCUT2D eigenvalue weighted by atomic mass is 79.9. The molecule has 0 saturated carbocycles. The van der Waals surface area contributed by atoms with E-state index in [2.05, 4.69) is 22.9 Å². The van der Waals surface area contributed by atoms with Crippen LogP contribution in [0.5, 0.6) is 0 Å². The summed E-state index contributed by atoms with van der Waals surface area (Å²) in [6.07, 6.45) is 0. The lowest BCUT2D eigenvalue weighted by Crippen LogP contribution is -1.87. The third kappa shape index (κ3) is 2.31. The Bertz CT molecular complexity index is 291. The molecule has 0 aliphatic heterocycles. The van der Waals surface area contributed by atoms with Crippen LogP contribution in [0.4, 0.5) is 5.69 Å². The van der Waals surface area contributed by atoms with Crippen molar-refractivity contribution in [3.8, 4) is 0 Å². The molecule has 0 bridgehead atoms. The molecule has 12 heavy (non-hydrogen) atoms. The third-order valence-corrected chi connectivity index (χ3v) is 3.53. The summed E-state index contributed by atoms with van der Waals surface area (Å²) in [6.45, 7) is 2.10. The van der Waals surface area contributed by atoms with Crippen LogP contribution >= 0.6 is 39.3 Å². The van der Waals surface area contributed by atoms with E-state index in [4.69, 9.17) is 17.3 Å². The highest BCUT2D eigenvalue weighted by molar-refractivity contribution is 9.10. The molecule has 0 heterocycles. The van der Waals surface area contributed by atoms with Crippen LogP contribution < -0.4 is 5.73 Å². The number of benzene rings is 1. The predicted octanol–water partition coefficient (Wildman–Crippen LogP) is 3.80. The average Bonchev–Trinajstić information content (AvgIpc) is 2.01. The quantitative estimate of drug-likeness (QED) is 0.651. The lowest BCUT2D eigenvalue weighted by Gasteiger charge is -2.04. The standard InChI is InChI=1S/C8H9BrClNS/c1-2-12-8-4-6(10)7(11)3-5(8)9/h3-4H,2,11H2,1H3. The van der Waals surface area contributed by atoms with E-state index in [-0.39, 0.29) is 0 Å². The van der Waals surface area contributed by atoms with Gasteiger partial charge in [0.2, 0.25) is 0 Å². The summed E-state index contributed by atoms with van der Waals surface area (Å²) in [5.41, 5.74) is 6.23. The smallest absolute Gasteiger partial charge is 0.0647 e. The maximum atomic E-state index is 5.86. The van der Waals surface area contributed by atoms with Gasteiger partial charge in [-0.1, -0.05) is 18.5 Å². The number of halogens is 2. The lowest BCUT2D eigenvalue weighted by molar-refractivity contribution is 1.39. The molecule has 0 radical (unpaired) electrons. The molecule has 1 rings (SSSR count). The van der Waals surface area contributed by atoms with Crippen molar-refractivity contribution in [2.75, 3.05) is 11.5 Å². The van der Waals surface area contributed by atoms with E-state index in [0.29, 0.717) is 10.7 Å². The molecule has 2 N–H and O–H groups in total. The Hall–Kier alpha value is 0.140. The highest BCUT2D eigenvalue weighted by Crippen LogP contribution is 2.33. The summed E-state index contributed by atoms with van der Waals surface area (Å²) >= 11 is 11.0. The lowest BCUT2D eigenvalue weighted by atomic mass is 10.3. The van der Waals surface area contributed by atoms with Crippen molar-refractivity contribution in [2.45, 2.75) is 11.8 Å². The highest BCUT2D eigenvalue weighted by Gasteiger charge is 2.03. The van der Waals surface area contributed by atoms with Gasteiger partial charge in [-0.25, -0.2) is 0 Å². The first-order valence-electron chi connectivity index (χ1n) is 3.52. The number of anilines is 1. The van der Waals surface area contributed by atoms with Gasteiger partial charge in [0.15, 0.2) is 0 Å². The second kappa shape index (κ2) is 4.40. The van der Waals surface area contributed by atoms with E-state index in [9.17, 15) is 0 Å². The first-order chi connectivity index (χ1) is 5.65. The van der Waals surface area contributed by atoms with Crippen LogP contribution in [0, 0.1) is 0 Å². The monoisotopic (exact) mass is 265 g/mol. The molecule has 0 aliphatic rings. The maximum Gasteiger partial charge on any atom is 0.0647 e. The molecule has 0 unspecified atom stereocenters. The van der Waals surface area contributed by atoms with Gasteiger partial charge in [0.25, 0.3) is 0 Å². The van der Waals surface area contributed by atoms with Crippen LogP contribution in [0.2, 0.25) is 5.02 Å². The van der Waals surface area contributed by atoms with Gasteiger partial charge in [-0.2, -0.15) is 0 Å². The van der Waals surface area contributed by atoms with Crippen LogP contribution in [0.25, 0.3) is 0 Å². The Kier molecular flexibility index (Phi) is 3.75. The first kappa shape index (κ1) is 10.2. The fraction of sp³-hybridized carbons (Fsp3) is 0.250. The molecule has 1 aromatic rings. The number of rotatable bonds is 2. The maximum absolute atomic E-state index is 5.86. The zero-order chi connectivity index (χ0) is 9.14. The molecule has 0 atom stereocenters. The van der Waals surface area contributed by atoms with E-state index in [1.807, 2.05) is 12.1 Å². The van der Waals surface area contributed by atoms with E-state index in [0.717, 1.165) is 15.1 Å². The van der Waals surface area contributed by atoms with Crippen molar-refractivity contribution in [2.24, 2.45) is 0 Å². The van der Waals surface area contributed by atoms with Crippen molar-refractivity contribution in [1.29, 1.82) is 0 Å². The van der Waals surface area contributed by atoms with Gasteiger partial charge in [-0.15, -0.1) is 11.8 Å². The summed E-state index contributed by atoms with van der Waals surface area (Å²) in [5, 5.41) is 0.620. The van der Waals surface area contributed by atoms with Gasteiger partial charge in [0, 0.05) is 9.37 Å². The number of nitrogens with two attached hydrogens (primary N) is 1. The average molecular weight is 267 g/mol. The van der Waals surface area contributed by atoms with Crippen molar-refractivity contribution < 1.29 is 0 Å². The van der Waals surface area contributed by atoms with E-state index in [1.54, 1.807) is 11.8 Å². The Morgan fingerprint density at radius 1 is 1.58 bits per heavy atom. The van der Waals surface area contributed by atoms with Crippen LogP contribution in [0.3, 0.4) is 0 Å². The van der Waals surface area contributed by atoms with Gasteiger partial charge in [0.1, 0.15) is 0 Å². The Balaban J connectivity index is 3.05. The van der Waals surface area contributed by atoms with Crippen molar-refractivity contribution in [3.63, 3.8) is 0 Å². The van der Waals surface area contributed by atoms with Crippen LogP contribution in [-0.2, 0) is 0 Å². The van der Waals surface area contributed by atoms with Gasteiger partial charge < -0.3 is 5.73 Å². The van der Waals surface area contributed by atoms with Gasteiger partial charge in [-0.05, 0) is 33.8 Å². The molecule has 0 amide bonds. The Labute approximate surface area is 89.8 Å². The minimum absolute atomic E-state index is 0.615. The summed E-state index contributed by atoms with van der Waals surface area (Å²) in [6, 6.07) is 3.72. The first-order valence-corrected chi connectivity index (χ1v) is 5.68. The van der Waals surface area contributed by atoms with E-state index in [1.165, 1.54) is 0 Å². The summed E-state index contributed by atoms with van der Waals surface area (Å²) in [7, 11) is 0. The molecule has 0 spiro atoms. The molecule has 0 saturated heterocycles. The summed E-state index contributed by atoms with van der Waals surface area (Å²) in [4.78, 5) is 1.14. The minimum atomic E-state index is 0.615. The molecular formula is C8H9BrClNS. The van der Waals surface area contributed by atoms with Crippen LogP contribution in [0.15, 0.2) is 21.5 Å². The van der Waals surface area contributed by atoms with Crippen molar-refractivity contribution in [3.05, 3.63) is 21.6 Å². The van der Waals surface area contributed by atoms with Crippen molar-refractivity contribution >= 4 is 45.0 Å². The van der Waals surface area contributed by atoms with Crippen molar-refractivity contribution in [1.82, 2.24) is 0 Å². The fourth-order valence-corrected chi connectivity index (χ4v) is 2.45. The topological polar surface area (TPSA) is 26.0 Å². The zero-order valence-electron chi connectivity index (χ0n) is 6.60. The van der Waals surface area contributed by atoms with Crippen LogP contribution in [-0.4, -0.2) is 5.75 Å². The molecule has 66 valence electrons. The van der Waals surface area contributed by atoms with Gasteiger partial charge in [-0.3, -0.25) is 0 Å². The predicted molar refractivity (Wildman–Crippen MR) is 60.0 cm³/mol. The molecule has 0 fully saturated rings. The SMILES string of the molecule is CCSc1cc(Cl)c(N)cc1Br. The summed E-state index contributed by atoms with van der Waals surface area (Å²) < 4.78 is 1.01. The summed E-state index contributed by atoms with van der Waals surface area (Å²) in [5.74, 6) is 1.03. The number of thioether (sulfide) groups is 1. The molecule has 0 aliphatic carbocycles. The Morgan fingerprint density at radius 2 is 2.25 bits per heavy atom. The van der Waals surface area contributed by atoms with Gasteiger partial charge in [0.05, 0.1) is 10.7 Å². The fourth-order valence-electron chi connectivity index (χ4n) is 0.810. The number of hydrogen-bond donors (Lipinski definition) is 1. The molecule has 4 heteroatoms. The molecular weight excluding hydrogens is 258 g/mol. The van der Waals surface area contributed by atoms with E-state index < -0.39 is 0 Å². The largest absolute Gasteiger partial charge is 0.397 e. The zero-order valence-corrected chi connectivity index (χ0v) is 9.76. The van der Waals surface area contributed by atoms with E-state index >= 15 is 0 Å². The second-order valence-corrected chi connectivity index (χ2v) is 4.80. The molecule has 1 nitrogen and oxygen atoms in total. The number of hydrogen-bond acceptors (Lipinski definition) is 2. The third-order valence-electron chi connectivity index (χ3n) is 1.35. The second-order valence-electron chi connectivity index (χ2n) is 2.24. The minimum Gasteiger partial charge on any atom is -0.397 e.